The molecule has 0 aliphatic heterocycles. The van der Waals surface area contributed by atoms with E-state index < -0.39 is 0 Å². The molecule has 0 saturated heterocycles. The van der Waals surface area contributed by atoms with Crippen molar-refractivity contribution < 1.29 is 4.74 Å². The molecule has 0 fully saturated rings. The average molecular weight is 273 g/mol. The molecular formula is C12H17ClN2OS. The van der Waals surface area contributed by atoms with Crippen LogP contribution in [0.15, 0.2) is 24.3 Å². The summed E-state index contributed by atoms with van der Waals surface area (Å²) in [7, 11) is 0. The van der Waals surface area contributed by atoms with E-state index in [1.54, 1.807) is 0 Å². The molecule has 0 unspecified atom stereocenters. The summed E-state index contributed by atoms with van der Waals surface area (Å²) in [6.45, 7) is 4.27. The first-order valence-corrected chi connectivity index (χ1v) is 6.39. The Morgan fingerprint density at radius 3 is 2.88 bits per heavy atom. The number of hydrogen-bond acceptors (Lipinski definition) is 2. The standard InChI is InChI=1S/C12H17ClN2OS/c1-2-16-9-5-8-14-12(17)15-11-7-4-3-6-10(11)13/h3-4,6-7H,2,5,8-9H2,1H3,(H2,14,15,17). The molecule has 0 aliphatic rings. The van der Waals surface area contributed by atoms with Crippen LogP contribution in [-0.4, -0.2) is 24.9 Å². The van der Waals surface area contributed by atoms with E-state index in [1.165, 1.54) is 0 Å². The Bertz CT molecular complexity index is 360. The second-order valence-corrected chi connectivity index (χ2v) is 4.23. The highest BCUT2D eigenvalue weighted by atomic mass is 35.5. The van der Waals surface area contributed by atoms with Crippen LogP contribution in [0.4, 0.5) is 5.69 Å². The molecule has 0 bridgehead atoms. The first kappa shape index (κ1) is 14.2. The van der Waals surface area contributed by atoms with Gasteiger partial charge in [-0.05, 0) is 37.7 Å². The summed E-state index contributed by atoms with van der Waals surface area (Å²) in [6.07, 6.45) is 0.929. The molecule has 1 aromatic rings. The summed E-state index contributed by atoms with van der Waals surface area (Å²) in [6, 6.07) is 7.50. The molecule has 94 valence electrons. The molecule has 1 rings (SSSR count). The van der Waals surface area contributed by atoms with Crippen LogP contribution in [0.25, 0.3) is 0 Å². The SMILES string of the molecule is CCOCCCNC(=S)Nc1ccccc1Cl. The molecule has 0 radical (unpaired) electrons. The van der Waals surface area contributed by atoms with Gasteiger partial charge in [-0.3, -0.25) is 0 Å². The molecule has 17 heavy (non-hydrogen) atoms. The van der Waals surface area contributed by atoms with Gasteiger partial charge in [-0.1, -0.05) is 23.7 Å². The lowest BCUT2D eigenvalue weighted by Gasteiger charge is -2.11. The van der Waals surface area contributed by atoms with E-state index in [9.17, 15) is 0 Å². The minimum Gasteiger partial charge on any atom is -0.382 e. The predicted octanol–water partition coefficient (Wildman–Crippen LogP) is 3.05. The molecular weight excluding hydrogens is 256 g/mol. The summed E-state index contributed by atoms with van der Waals surface area (Å²) >= 11 is 11.2. The molecule has 0 spiro atoms. The number of anilines is 1. The van der Waals surface area contributed by atoms with Gasteiger partial charge in [0.05, 0.1) is 10.7 Å². The highest BCUT2D eigenvalue weighted by molar-refractivity contribution is 7.80. The minimum absolute atomic E-state index is 0.578. The van der Waals surface area contributed by atoms with Gasteiger partial charge in [-0.25, -0.2) is 0 Å². The van der Waals surface area contributed by atoms with E-state index in [-0.39, 0.29) is 0 Å². The molecule has 0 amide bonds. The Kier molecular flexibility index (Phi) is 6.93. The van der Waals surface area contributed by atoms with Gasteiger partial charge in [0, 0.05) is 19.8 Å². The first-order chi connectivity index (χ1) is 8.24. The van der Waals surface area contributed by atoms with Crippen molar-refractivity contribution in [3.05, 3.63) is 29.3 Å². The number of thiocarbonyl (C=S) groups is 1. The van der Waals surface area contributed by atoms with Crippen molar-refractivity contribution in [3.8, 4) is 0 Å². The van der Waals surface area contributed by atoms with Crippen LogP contribution in [0, 0.1) is 0 Å². The highest BCUT2D eigenvalue weighted by Crippen LogP contribution is 2.19. The zero-order valence-corrected chi connectivity index (χ0v) is 11.4. The summed E-state index contributed by atoms with van der Waals surface area (Å²) in [5.41, 5.74) is 0.816. The number of halogens is 1. The summed E-state index contributed by atoms with van der Waals surface area (Å²) in [5, 5.41) is 7.38. The molecule has 1 aromatic carbocycles. The second kappa shape index (κ2) is 8.28. The first-order valence-electron chi connectivity index (χ1n) is 5.61. The van der Waals surface area contributed by atoms with Gasteiger partial charge in [-0.15, -0.1) is 0 Å². The van der Waals surface area contributed by atoms with Gasteiger partial charge < -0.3 is 15.4 Å². The van der Waals surface area contributed by atoms with Gasteiger partial charge in [0.2, 0.25) is 0 Å². The van der Waals surface area contributed by atoms with Gasteiger partial charge in [0.1, 0.15) is 0 Å². The van der Waals surface area contributed by atoms with Crippen molar-refractivity contribution in [2.75, 3.05) is 25.1 Å². The Hall–Kier alpha value is -0.840. The topological polar surface area (TPSA) is 33.3 Å². The quantitative estimate of drug-likeness (QED) is 0.616. The normalized spacial score (nSPS) is 10.0. The summed E-state index contributed by atoms with van der Waals surface area (Å²) in [5.74, 6) is 0. The lowest BCUT2D eigenvalue weighted by atomic mass is 10.3. The van der Waals surface area contributed by atoms with Crippen LogP contribution in [-0.2, 0) is 4.74 Å². The third-order valence-corrected chi connectivity index (χ3v) is 2.65. The fourth-order valence-corrected chi connectivity index (χ4v) is 1.64. The third kappa shape index (κ3) is 5.86. The largest absolute Gasteiger partial charge is 0.382 e. The fourth-order valence-electron chi connectivity index (χ4n) is 1.25. The fraction of sp³-hybridized carbons (Fsp3) is 0.417. The van der Waals surface area contributed by atoms with E-state index in [4.69, 9.17) is 28.6 Å². The number of para-hydroxylation sites is 1. The number of benzene rings is 1. The van der Waals surface area contributed by atoms with Crippen LogP contribution in [0.5, 0.6) is 0 Å². The van der Waals surface area contributed by atoms with Crippen molar-refractivity contribution in [1.82, 2.24) is 5.32 Å². The average Bonchev–Trinajstić information content (AvgIpc) is 2.32. The van der Waals surface area contributed by atoms with Crippen molar-refractivity contribution in [3.63, 3.8) is 0 Å². The van der Waals surface area contributed by atoms with Crippen LogP contribution in [0.2, 0.25) is 5.02 Å². The van der Waals surface area contributed by atoms with Crippen molar-refractivity contribution >= 4 is 34.6 Å². The molecule has 0 atom stereocenters. The van der Waals surface area contributed by atoms with Crippen molar-refractivity contribution in [2.24, 2.45) is 0 Å². The van der Waals surface area contributed by atoms with Gasteiger partial charge >= 0.3 is 0 Å². The lowest BCUT2D eigenvalue weighted by molar-refractivity contribution is 0.146. The summed E-state index contributed by atoms with van der Waals surface area (Å²) in [4.78, 5) is 0. The van der Waals surface area contributed by atoms with Gasteiger partial charge in [0.15, 0.2) is 5.11 Å². The lowest BCUT2D eigenvalue weighted by Crippen LogP contribution is -2.29. The van der Waals surface area contributed by atoms with Crippen molar-refractivity contribution in [1.29, 1.82) is 0 Å². The molecule has 0 saturated carbocycles. The number of rotatable bonds is 6. The minimum atomic E-state index is 0.578. The maximum atomic E-state index is 6.00. The maximum absolute atomic E-state index is 6.00. The van der Waals surface area contributed by atoms with E-state index in [2.05, 4.69) is 10.6 Å². The molecule has 3 nitrogen and oxygen atoms in total. The number of nitrogens with one attached hydrogen (secondary N) is 2. The second-order valence-electron chi connectivity index (χ2n) is 3.41. The van der Waals surface area contributed by atoms with E-state index in [0.717, 1.165) is 31.9 Å². The zero-order valence-electron chi connectivity index (χ0n) is 9.83. The molecule has 0 heterocycles. The van der Waals surface area contributed by atoms with Gasteiger partial charge in [0.25, 0.3) is 0 Å². The van der Waals surface area contributed by atoms with Crippen LogP contribution >= 0.6 is 23.8 Å². The Morgan fingerprint density at radius 2 is 2.18 bits per heavy atom. The Balaban J connectivity index is 2.23. The summed E-state index contributed by atoms with van der Waals surface area (Å²) < 4.78 is 5.23. The van der Waals surface area contributed by atoms with Gasteiger partial charge in [-0.2, -0.15) is 0 Å². The van der Waals surface area contributed by atoms with Crippen LogP contribution in [0.3, 0.4) is 0 Å². The Morgan fingerprint density at radius 1 is 1.41 bits per heavy atom. The van der Waals surface area contributed by atoms with Crippen molar-refractivity contribution in [2.45, 2.75) is 13.3 Å². The van der Waals surface area contributed by atoms with E-state index in [0.29, 0.717) is 10.1 Å². The number of ether oxygens (including phenoxy) is 1. The van der Waals surface area contributed by atoms with Crippen LogP contribution < -0.4 is 10.6 Å². The predicted molar refractivity (Wildman–Crippen MR) is 76.8 cm³/mol. The van der Waals surface area contributed by atoms with E-state index in [1.807, 2.05) is 31.2 Å². The molecule has 5 heteroatoms. The molecule has 0 aliphatic carbocycles. The number of hydrogen-bond donors (Lipinski definition) is 2. The zero-order chi connectivity index (χ0) is 12.5. The van der Waals surface area contributed by atoms with Crippen LogP contribution in [0.1, 0.15) is 13.3 Å². The highest BCUT2D eigenvalue weighted by Gasteiger charge is 2.00. The molecule has 0 aromatic heterocycles. The monoisotopic (exact) mass is 272 g/mol. The smallest absolute Gasteiger partial charge is 0.170 e. The molecule has 2 N–H and O–H groups in total. The van der Waals surface area contributed by atoms with E-state index >= 15 is 0 Å². The maximum Gasteiger partial charge on any atom is 0.170 e. The Labute approximate surface area is 112 Å². The third-order valence-electron chi connectivity index (χ3n) is 2.08.